The van der Waals surface area contributed by atoms with Crippen LogP contribution in [-0.4, -0.2) is 29.2 Å². The van der Waals surface area contributed by atoms with Crippen molar-refractivity contribution in [3.8, 4) is 0 Å². The monoisotopic (exact) mass is 410 g/mol. The molecule has 0 radical (unpaired) electrons. The molecule has 24 heavy (non-hydrogen) atoms. The minimum absolute atomic E-state index is 0.182. The number of fused-ring (bicyclic) bond motifs is 1. The second-order valence-electron chi connectivity index (χ2n) is 5.08. The number of nitrogens with zero attached hydrogens (tertiary/aromatic N) is 2. The van der Waals surface area contributed by atoms with E-state index in [0.29, 0.717) is 27.4 Å². The van der Waals surface area contributed by atoms with Gasteiger partial charge in [0.25, 0.3) is 5.56 Å². The lowest BCUT2D eigenvalue weighted by Crippen LogP contribution is -2.19. The van der Waals surface area contributed by atoms with Crippen molar-refractivity contribution in [2.45, 2.75) is 13.5 Å². The van der Waals surface area contributed by atoms with Crippen molar-refractivity contribution in [3.63, 3.8) is 0 Å². The molecule has 0 saturated carbocycles. The summed E-state index contributed by atoms with van der Waals surface area (Å²) in [6.45, 7) is 2.00. The third-order valence-corrected chi connectivity index (χ3v) is 4.29. The minimum atomic E-state index is -0.182. The number of hydrogen-bond donors (Lipinski definition) is 2. The number of nitrogens with one attached hydrogen (secondary N) is 2. The van der Waals surface area contributed by atoms with Crippen LogP contribution in [0.15, 0.2) is 44.9 Å². The summed E-state index contributed by atoms with van der Waals surface area (Å²) in [5.41, 5.74) is 1.09. The lowest BCUT2D eigenvalue weighted by molar-refractivity contribution is -0.115. The third-order valence-electron chi connectivity index (χ3n) is 3.26. The maximum atomic E-state index is 12.1. The number of hydrogen-bond acceptors (Lipinski definition) is 3. The van der Waals surface area contributed by atoms with Crippen molar-refractivity contribution in [3.05, 3.63) is 56.0 Å². The maximum absolute atomic E-state index is 12.1. The number of rotatable bonds is 5. The number of pyridine rings is 1. The average molecular weight is 412 g/mol. The third kappa shape index (κ3) is 4.69. The summed E-state index contributed by atoms with van der Waals surface area (Å²) in [6.07, 6.45) is 2.27. The Balaban J connectivity index is 2.15. The van der Waals surface area contributed by atoms with Gasteiger partial charge in [-0.3, -0.25) is 14.6 Å². The first-order chi connectivity index (χ1) is 11.4. The molecule has 1 aromatic carbocycles. The number of halogens is 2. The van der Waals surface area contributed by atoms with Gasteiger partial charge in [0.05, 0.1) is 12.4 Å². The lowest BCUT2D eigenvalue weighted by atomic mass is 10.1. The number of carbonyl (C=O) groups excluding carboxylic acids is 1. The quantitative estimate of drug-likeness (QED) is 0.344. The molecule has 0 saturated heterocycles. The van der Waals surface area contributed by atoms with Gasteiger partial charge in [0.1, 0.15) is 4.61 Å². The normalized spacial score (nSPS) is 12.3. The van der Waals surface area contributed by atoms with Gasteiger partial charge >= 0.3 is 0 Å². The molecule has 0 atom stereocenters. The molecule has 2 rings (SSSR count). The molecule has 8 heteroatoms. The smallest absolute Gasteiger partial charge is 0.253 e. The molecular weight excluding hydrogens is 396 g/mol. The predicted molar refractivity (Wildman–Crippen MR) is 100 cm³/mol. The van der Waals surface area contributed by atoms with E-state index in [1.54, 1.807) is 44.4 Å². The summed E-state index contributed by atoms with van der Waals surface area (Å²) < 4.78 is 0.560. The molecule has 126 valence electrons. The molecule has 1 heterocycles. The Kier molecular flexibility index (Phi) is 6.16. The number of amides is 1. The van der Waals surface area contributed by atoms with Gasteiger partial charge in [-0.2, -0.15) is 0 Å². The van der Waals surface area contributed by atoms with E-state index < -0.39 is 0 Å². The van der Waals surface area contributed by atoms with Gasteiger partial charge < -0.3 is 15.2 Å². The van der Waals surface area contributed by atoms with Crippen molar-refractivity contribution in [1.82, 2.24) is 15.2 Å². The topological polar surface area (TPSA) is 77.6 Å². The standard InChI is InChI=1S/C16H16BrClN4O2/c1-10(20-8-15(17)22(2)9-23)19-7-12-5-11-6-13(18)3-4-14(11)21-16(12)24/h3-6,8-9H,7H2,1-2H3,(H,19,20)(H,21,24)/b15-8-. The molecule has 6 nitrogen and oxygen atoms in total. The van der Waals surface area contributed by atoms with Gasteiger partial charge in [-0.15, -0.1) is 0 Å². The Labute approximate surface area is 152 Å². The molecule has 1 aromatic heterocycles. The number of amidine groups is 1. The minimum Gasteiger partial charge on any atom is -0.348 e. The number of aliphatic imine (C=N–C) groups is 1. The SMILES string of the molecule is CC(=NCc1cc2cc(Cl)ccc2[nH]c1=O)N/C=C(/Br)N(C)C=O. The van der Waals surface area contributed by atoms with Gasteiger partial charge in [-0.25, -0.2) is 0 Å². The Morgan fingerprint density at radius 2 is 2.21 bits per heavy atom. The first-order valence-corrected chi connectivity index (χ1v) is 8.20. The zero-order valence-electron chi connectivity index (χ0n) is 13.1. The molecule has 0 fully saturated rings. The Morgan fingerprint density at radius 3 is 2.92 bits per heavy atom. The number of aromatic amines is 1. The molecule has 0 spiro atoms. The molecule has 2 aromatic rings. The van der Waals surface area contributed by atoms with E-state index in [1.807, 2.05) is 0 Å². The van der Waals surface area contributed by atoms with E-state index in [4.69, 9.17) is 11.6 Å². The van der Waals surface area contributed by atoms with Crippen molar-refractivity contribution in [1.29, 1.82) is 0 Å². The van der Waals surface area contributed by atoms with E-state index in [0.717, 1.165) is 10.9 Å². The molecule has 1 amide bonds. The van der Waals surface area contributed by atoms with Gasteiger partial charge in [-0.1, -0.05) is 11.6 Å². The van der Waals surface area contributed by atoms with E-state index in [9.17, 15) is 9.59 Å². The molecule has 0 aliphatic heterocycles. The zero-order chi connectivity index (χ0) is 17.7. The Morgan fingerprint density at radius 1 is 1.46 bits per heavy atom. The highest BCUT2D eigenvalue weighted by Gasteiger charge is 2.03. The predicted octanol–water partition coefficient (Wildman–Crippen LogP) is 2.97. The van der Waals surface area contributed by atoms with E-state index in [1.165, 1.54) is 4.90 Å². The summed E-state index contributed by atoms with van der Waals surface area (Å²) in [5, 5.41) is 4.40. The highest BCUT2D eigenvalue weighted by molar-refractivity contribution is 9.11. The number of benzene rings is 1. The zero-order valence-corrected chi connectivity index (χ0v) is 15.5. The molecule has 0 bridgehead atoms. The van der Waals surface area contributed by atoms with E-state index in [-0.39, 0.29) is 12.1 Å². The van der Waals surface area contributed by atoms with Crippen molar-refractivity contribution in [2.24, 2.45) is 4.99 Å². The fraction of sp³-hybridized carbons (Fsp3) is 0.188. The molecule has 2 N–H and O–H groups in total. The molecular formula is C16H16BrClN4O2. The largest absolute Gasteiger partial charge is 0.348 e. The maximum Gasteiger partial charge on any atom is 0.253 e. The van der Waals surface area contributed by atoms with Gasteiger partial charge in [-0.05, 0) is 47.1 Å². The molecule has 0 aliphatic rings. The highest BCUT2D eigenvalue weighted by Crippen LogP contribution is 2.17. The fourth-order valence-corrected chi connectivity index (χ4v) is 2.28. The van der Waals surface area contributed by atoms with E-state index in [2.05, 4.69) is 31.2 Å². The molecule has 0 aliphatic carbocycles. The van der Waals surface area contributed by atoms with Crippen LogP contribution in [0.1, 0.15) is 12.5 Å². The summed E-state index contributed by atoms with van der Waals surface area (Å²) in [6, 6.07) is 7.07. The Bertz CT molecular complexity index is 876. The van der Waals surface area contributed by atoms with Crippen LogP contribution in [0.4, 0.5) is 0 Å². The first-order valence-electron chi connectivity index (χ1n) is 7.03. The van der Waals surface area contributed by atoms with Crippen LogP contribution in [0.3, 0.4) is 0 Å². The number of aromatic nitrogens is 1. The van der Waals surface area contributed by atoms with E-state index >= 15 is 0 Å². The lowest BCUT2D eigenvalue weighted by Gasteiger charge is -2.09. The highest BCUT2D eigenvalue weighted by atomic mass is 79.9. The Hall–Kier alpha value is -2.12. The van der Waals surface area contributed by atoms with Crippen LogP contribution >= 0.6 is 27.5 Å². The van der Waals surface area contributed by atoms with Crippen LogP contribution in [0.5, 0.6) is 0 Å². The number of H-pyrrole nitrogens is 1. The van der Waals surface area contributed by atoms with Crippen LogP contribution in [0, 0.1) is 0 Å². The van der Waals surface area contributed by atoms with Gasteiger partial charge in [0, 0.05) is 34.7 Å². The van der Waals surface area contributed by atoms with Gasteiger partial charge in [0.15, 0.2) is 0 Å². The second-order valence-corrected chi connectivity index (χ2v) is 6.33. The summed E-state index contributed by atoms with van der Waals surface area (Å²) in [5.74, 6) is 0.608. The van der Waals surface area contributed by atoms with Crippen molar-refractivity contribution in [2.75, 3.05) is 7.05 Å². The summed E-state index contributed by atoms with van der Waals surface area (Å²) in [4.78, 5) is 31.2. The fourth-order valence-electron chi connectivity index (χ4n) is 1.91. The summed E-state index contributed by atoms with van der Waals surface area (Å²) >= 11 is 9.22. The van der Waals surface area contributed by atoms with Crippen LogP contribution in [0.25, 0.3) is 10.9 Å². The van der Waals surface area contributed by atoms with Gasteiger partial charge in [0.2, 0.25) is 6.41 Å². The van der Waals surface area contributed by atoms with Crippen LogP contribution in [0.2, 0.25) is 5.02 Å². The van der Waals surface area contributed by atoms with Crippen LogP contribution in [-0.2, 0) is 11.3 Å². The first kappa shape index (κ1) is 18.2. The summed E-state index contributed by atoms with van der Waals surface area (Å²) in [7, 11) is 1.61. The molecule has 0 unspecified atom stereocenters. The number of carbonyl (C=O) groups is 1. The second kappa shape index (κ2) is 8.12. The average Bonchev–Trinajstić information content (AvgIpc) is 2.57. The van der Waals surface area contributed by atoms with Crippen molar-refractivity contribution < 1.29 is 4.79 Å². The van der Waals surface area contributed by atoms with Crippen molar-refractivity contribution >= 4 is 50.7 Å². The van der Waals surface area contributed by atoms with Crippen LogP contribution < -0.4 is 10.9 Å².